The van der Waals surface area contributed by atoms with Crippen molar-refractivity contribution in [2.75, 3.05) is 7.11 Å². The van der Waals surface area contributed by atoms with Gasteiger partial charge in [0.05, 0.1) is 13.5 Å². The predicted octanol–water partition coefficient (Wildman–Crippen LogP) is 2.96. The largest absolute Gasteiger partial charge is 0.507 e. The summed E-state index contributed by atoms with van der Waals surface area (Å²) in [6, 6.07) is 6.01. The van der Waals surface area contributed by atoms with Crippen molar-refractivity contribution in [1.29, 1.82) is 0 Å². The third-order valence-electron chi connectivity index (χ3n) is 3.19. The minimum Gasteiger partial charge on any atom is -0.507 e. The summed E-state index contributed by atoms with van der Waals surface area (Å²) in [7, 11) is 1.32. The molecular weight excluding hydrogens is 247 g/mol. The lowest BCUT2D eigenvalue weighted by Crippen LogP contribution is -2.07. The van der Waals surface area contributed by atoms with Crippen molar-refractivity contribution in [2.45, 2.75) is 19.8 Å². The molecule has 0 radical (unpaired) electrons. The van der Waals surface area contributed by atoms with E-state index in [0.29, 0.717) is 28.3 Å². The zero-order valence-corrected chi connectivity index (χ0v) is 10.9. The predicted molar refractivity (Wildman–Crippen MR) is 70.7 cm³/mol. The Kier molecular flexibility index (Phi) is 3.69. The summed E-state index contributed by atoms with van der Waals surface area (Å²) in [6.45, 7) is 1.88. The van der Waals surface area contributed by atoms with Gasteiger partial charge in [-0.3, -0.25) is 4.79 Å². The van der Waals surface area contributed by atoms with Crippen molar-refractivity contribution < 1.29 is 19.0 Å². The topological polar surface area (TPSA) is 46.5 Å². The van der Waals surface area contributed by atoms with Crippen LogP contribution in [0.2, 0.25) is 0 Å². The molecule has 1 N–H and O–H groups in total. The second-order valence-electron chi connectivity index (χ2n) is 4.33. The maximum atomic E-state index is 13.2. The molecule has 4 heteroatoms. The number of ether oxygens (including phenoxy) is 1. The highest BCUT2D eigenvalue weighted by atomic mass is 19.1. The first kappa shape index (κ1) is 13.3. The van der Waals surface area contributed by atoms with Crippen LogP contribution in [0.3, 0.4) is 0 Å². The minimum atomic E-state index is -0.398. The number of phenolic OH excluding ortho intramolecular Hbond substituents is 1. The average molecular weight is 262 g/mol. The molecule has 0 bridgehead atoms. The van der Waals surface area contributed by atoms with Gasteiger partial charge < -0.3 is 9.84 Å². The van der Waals surface area contributed by atoms with Crippen molar-refractivity contribution in [2.24, 2.45) is 0 Å². The van der Waals surface area contributed by atoms with Crippen molar-refractivity contribution >= 4 is 16.7 Å². The van der Waals surface area contributed by atoms with Crippen LogP contribution < -0.4 is 0 Å². The van der Waals surface area contributed by atoms with E-state index in [9.17, 15) is 14.3 Å². The number of benzene rings is 2. The monoisotopic (exact) mass is 262 g/mol. The molecule has 0 heterocycles. The number of hydrogen-bond acceptors (Lipinski definition) is 3. The van der Waals surface area contributed by atoms with Gasteiger partial charge in [0.25, 0.3) is 0 Å². The highest BCUT2D eigenvalue weighted by Gasteiger charge is 2.14. The molecule has 0 aliphatic carbocycles. The summed E-state index contributed by atoms with van der Waals surface area (Å²) >= 11 is 0. The fourth-order valence-corrected chi connectivity index (χ4v) is 2.23. The Hall–Kier alpha value is -2.10. The van der Waals surface area contributed by atoms with Crippen LogP contribution in [0.25, 0.3) is 10.8 Å². The van der Waals surface area contributed by atoms with Crippen molar-refractivity contribution in [1.82, 2.24) is 0 Å². The normalized spacial score (nSPS) is 10.7. The Bertz CT molecular complexity index is 635. The molecule has 3 nitrogen and oxygen atoms in total. The van der Waals surface area contributed by atoms with Crippen LogP contribution in [-0.2, 0) is 22.4 Å². The number of esters is 1. The smallest absolute Gasteiger partial charge is 0.309 e. The van der Waals surface area contributed by atoms with E-state index >= 15 is 0 Å². The summed E-state index contributed by atoms with van der Waals surface area (Å²) in [5, 5.41) is 11.4. The molecule has 100 valence electrons. The SMILES string of the molecule is CCc1c(CC(=O)OC)cc2ccc(F)cc2c1O. The number of carbonyl (C=O) groups is 1. The first-order valence-electron chi connectivity index (χ1n) is 6.06. The molecule has 0 aliphatic rings. The van der Waals surface area contributed by atoms with Crippen molar-refractivity contribution in [3.63, 3.8) is 0 Å². The highest BCUT2D eigenvalue weighted by molar-refractivity contribution is 5.91. The molecule has 2 aromatic rings. The van der Waals surface area contributed by atoms with Crippen LogP contribution in [0, 0.1) is 5.82 Å². The van der Waals surface area contributed by atoms with Crippen molar-refractivity contribution in [3.05, 3.63) is 41.2 Å². The van der Waals surface area contributed by atoms with E-state index in [4.69, 9.17) is 0 Å². The molecule has 2 rings (SSSR count). The van der Waals surface area contributed by atoms with Gasteiger partial charge in [0.2, 0.25) is 0 Å². The number of aromatic hydroxyl groups is 1. The van der Waals surface area contributed by atoms with Crippen LogP contribution in [-0.4, -0.2) is 18.2 Å². The summed E-state index contributed by atoms with van der Waals surface area (Å²) in [6.07, 6.45) is 0.658. The zero-order chi connectivity index (χ0) is 14.0. The van der Waals surface area contributed by atoms with E-state index in [2.05, 4.69) is 4.74 Å². The van der Waals surface area contributed by atoms with E-state index in [1.807, 2.05) is 6.92 Å². The number of halogens is 1. The van der Waals surface area contributed by atoms with E-state index in [-0.39, 0.29) is 18.1 Å². The Morgan fingerprint density at radius 2 is 2.11 bits per heavy atom. The average Bonchev–Trinajstić information content (AvgIpc) is 2.40. The van der Waals surface area contributed by atoms with Gasteiger partial charge in [-0.05, 0) is 35.1 Å². The standard InChI is InChI=1S/C15H15FO3/c1-3-12-10(7-14(17)19-2)6-9-4-5-11(16)8-13(9)15(12)18/h4-6,8,18H,3,7H2,1-2H3. The molecule has 2 aromatic carbocycles. The maximum Gasteiger partial charge on any atom is 0.309 e. The van der Waals surface area contributed by atoms with Gasteiger partial charge >= 0.3 is 5.97 Å². The molecular formula is C15H15FO3. The van der Waals surface area contributed by atoms with Gasteiger partial charge in [0.15, 0.2) is 0 Å². The maximum absolute atomic E-state index is 13.2. The first-order chi connectivity index (χ1) is 9.06. The van der Waals surface area contributed by atoms with Gasteiger partial charge in [0, 0.05) is 5.39 Å². The van der Waals surface area contributed by atoms with Gasteiger partial charge in [-0.15, -0.1) is 0 Å². The molecule has 0 amide bonds. The molecule has 0 saturated carbocycles. The molecule has 0 aromatic heterocycles. The Morgan fingerprint density at radius 3 is 2.74 bits per heavy atom. The number of rotatable bonds is 3. The second kappa shape index (κ2) is 5.26. The van der Waals surface area contributed by atoms with E-state index < -0.39 is 5.82 Å². The van der Waals surface area contributed by atoms with Gasteiger partial charge in [-0.2, -0.15) is 0 Å². The molecule has 0 spiro atoms. The quantitative estimate of drug-likeness (QED) is 0.865. The Morgan fingerprint density at radius 1 is 1.37 bits per heavy atom. The molecule has 0 fully saturated rings. The van der Waals surface area contributed by atoms with Crippen LogP contribution in [0.5, 0.6) is 5.75 Å². The minimum absolute atomic E-state index is 0.0402. The van der Waals surface area contributed by atoms with E-state index in [1.165, 1.54) is 19.2 Å². The first-order valence-corrected chi connectivity index (χ1v) is 6.06. The van der Waals surface area contributed by atoms with E-state index in [0.717, 1.165) is 0 Å². The lowest BCUT2D eigenvalue weighted by Gasteiger charge is -2.12. The molecule has 19 heavy (non-hydrogen) atoms. The third-order valence-corrected chi connectivity index (χ3v) is 3.19. The van der Waals surface area contributed by atoms with Crippen LogP contribution >= 0.6 is 0 Å². The van der Waals surface area contributed by atoms with Crippen LogP contribution in [0.4, 0.5) is 4.39 Å². The number of methoxy groups -OCH3 is 1. The number of phenols is 1. The Labute approximate surface area is 110 Å². The summed E-state index contributed by atoms with van der Waals surface area (Å²) in [4.78, 5) is 11.4. The lowest BCUT2D eigenvalue weighted by molar-refractivity contribution is -0.139. The summed E-state index contributed by atoms with van der Waals surface area (Å²) in [5.74, 6) is -0.723. The molecule has 0 aliphatic heterocycles. The highest BCUT2D eigenvalue weighted by Crippen LogP contribution is 2.33. The van der Waals surface area contributed by atoms with Gasteiger partial charge in [-0.25, -0.2) is 4.39 Å². The fraction of sp³-hybridized carbons (Fsp3) is 0.267. The number of fused-ring (bicyclic) bond motifs is 1. The summed E-state index contributed by atoms with van der Waals surface area (Å²) < 4.78 is 17.9. The van der Waals surface area contributed by atoms with Crippen LogP contribution in [0.15, 0.2) is 24.3 Å². The molecule has 0 unspecified atom stereocenters. The van der Waals surface area contributed by atoms with Crippen molar-refractivity contribution in [3.8, 4) is 5.75 Å². The fourth-order valence-electron chi connectivity index (χ4n) is 2.23. The van der Waals surface area contributed by atoms with Gasteiger partial charge in [-0.1, -0.05) is 19.1 Å². The molecule has 0 saturated heterocycles. The molecule has 0 atom stereocenters. The Balaban J connectivity index is 2.64. The van der Waals surface area contributed by atoms with Crippen LogP contribution in [0.1, 0.15) is 18.1 Å². The third kappa shape index (κ3) is 2.52. The van der Waals surface area contributed by atoms with Gasteiger partial charge in [0.1, 0.15) is 11.6 Å². The lowest BCUT2D eigenvalue weighted by atomic mass is 9.96. The van der Waals surface area contributed by atoms with E-state index in [1.54, 1.807) is 12.1 Å². The number of carbonyl (C=O) groups excluding carboxylic acids is 1. The number of hydrogen-bond donors (Lipinski definition) is 1. The summed E-state index contributed by atoms with van der Waals surface area (Å²) in [5.41, 5.74) is 1.37. The second-order valence-corrected chi connectivity index (χ2v) is 4.33. The zero-order valence-electron chi connectivity index (χ0n) is 10.9.